The van der Waals surface area contributed by atoms with Crippen LogP contribution in [0.3, 0.4) is 0 Å². The first-order chi connectivity index (χ1) is 12.6. The van der Waals surface area contributed by atoms with E-state index in [1.807, 2.05) is 66.4 Å². The van der Waals surface area contributed by atoms with Gasteiger partial charge in [0, 0.05) is 32.7 Å². The van der Waals surface area contributed by atoms with Crippen LogP contribution in [-0.4, -0.2) is 47.9 Å². The maximum Gasteiger partial charge on any atom is 0.317 e. The van der Waals surface area contributed by atoms with Gasteiger partial charge in [-0.05, 0) is 18.1 Å². The van der Waals surface area contributed by atoms with Crippen molar-refractivity contribution >= 4 is 11.9 Å². The summed E-state index contributed by atoms with van der Waals surface area (Å²) in [6.07, 6.45) is 0.419. The summed E-state index contributed by atoms with van der Waals surface area (Å²) in [6.45, 7) is 4.86. The maximum atomic E-state index is 12.5. The van der Waals surface area contributed by atoms with Gasteiger partial charge in [0.1, 0.15) is 0 Å². The molecule has 5 nitrogen and oxygen atoms in total. The molecule has 0 bridgehead atoms. The molecule has 2 aromatic carbocycles. The zero-order valence-electron chi connectivity index (χ0n) is 15.1. The van der Waals surface area contributed by atoms with E-state index in [-0.39, 0.29) is 11.9 Å². The number of carbonyl (C=O) groups is 2. The third-order valence-electron chi connectivity index (χ3n) is 4.64. The molecule has 5 heteroatoms. The minimum atomic E-state index is -0.0698. The van der Waals surface area contributed by atoms with Gasteiger partial charge in [0.15, 0.2) is 0 Å². The predicted molar refractivity (Wildman–Crippen MR) is 102 cm³/mol. The lowest BCUT2D eigenvalue weighted by atomic mass is 10.1. The Hall–Kier alpha value is -2.82. The van der Waals surface area contributed by atoms with Gasteiger partial charge in [-0.25, -0.2) is 4.79 Å². The molecule has 0 radical (unpaired) electrons. The molecule has 1 aliphatic heterocycles. The molecule has 2 aromatic rings. The first kappa shape index (κ1) is 18.0. The predicted octanol–water partition coefficient (Wildman–Crippen LogP) is 2.59. The van der Waals surface area contributed by atoms with Crippen molar-refractivity contribution in [3.8, 4) is 0 Å². The number of hydrogen-bond donors (Lipinski definition) is 1. The lowest BCUT2D eigenvalue weighted by Crippen LogP contribution is -2.53. The molecular formula is C21H25N3O2. The Balaban J connectivity index is 1.44. The number of carbonyl (C=O) groups excluding carboxylic acids is 2. The van der Waals surface area contributed by atoms with Gasteiger partial charge in [0.25, 0.3) is 0 Å². The molecule has 0 saturated carbocycles. The minimum Gasteiger partial charge on any atom is -0.339 e. The van der Waals surface area contributed by atoms with Crippen molar-refractivity contribution in [1.82, 2.24) is 15.1 Å². The van der Waals surface area contributed by atoms with Gasteiger partial charge in [0.2, 0.25) is 5.91 Å². The Bertz CT molecular complexity index is 753. The third kappa shape index (κ3) is 4.85. The van der Waals surface area contributed by atoms with E-state index in [0.717, 1.165) is 16.7 Å². The van der Waals surface area contributed by atoms with Crippen LogP contribution in [-0.2, 0) is 17.8 Å². The van der Waals surface area contributed by atoms with Gasteiger partial charge < -0.3 is 15.1 Å². The molecule has 0 aromatic heterocycles. The van der Waals surface area contributed by atoms with Crippen molar-refractivity contribution < 1.29 is 9.59 Å². The summed E-state index contributed by atoms with van der Waals surface area (Å²) in [4.78, 5) is 28.4. The van der Waals surface area contributed by atoms with E-state index in [1.165, 1.54) is 0 Å². The van der Waals surface area contributed by atoms with Crippen LogP contribution in [0.4, 0.5) is 4.79 Å². The van der Waals surface area contributed by atoms with E-state index < -0.39 is 0 Å². The molecule has 1 heterocycles. The second-order valence-corrected chi connectivity index (χ2v) is 6.68. The van der Waals surface area contributed by atoms with Gasteiger partial charge in [-0.1, -0.05) is 60.2 Å². The molecule has 0 unspecified atom stereocenters. The van der Waals surface area contributed by atoms with E-state index in [1.54, 1.807) is 4.90 Å². The number of rotatable bonds is 4. The fourth-order valence-electron chi connectivity index (χ4n) is 3.15. The van der Waals surface area contributed by atoms with Crippen LogP contribution in [0.2, 0.25) is 0 Å². The molecule has 1 aliphatic rings. The van der Waals surface area contributed by atoms with Crippen molar-refractivity contribution in [1.29, 1.82) is 0 Å². The van der Waals surface area contributed by atoms with Crippen molar-refractivity contribution in [3.05, 3.63) is 71.3 Å². The van der Waals surface area contributed by atoms with E-state index in [9.17, 15) is 9.59 Å². The van der Waals surface area contributed by atoms with Crippen LogP contribution in [0.1, 0.15) is 16.7 Å². The summed E-state index contributed by atoms with van der Waals surface area (Å²) < 4.78 is 0. The number of benzene rings is 2. The number of urea groups is 1. The molecule has 136 valence electrons. The van der Waals surface area contributed by atoms with Gasteiger partial charge >= 0.3 is 6.03 Å². The fraction of sp³-hybridized carbons (Fsp3) is 0.333. The Morgan fingerprint density at radius 1 is 0.885 bits per heavy atom. The van der Waals surface area contributed by atoms with E-state index in [0.29, 0.717) is 39.1 Å². The number of aryl methyl sites for hydroxylation is 1. The SMILES string of the molecule is Cc1cccc(CC(=O)N2CCN(C(=O)NCc3ccccc3)CC2)c1. The monoisotopic (exact) mass is 351 g/mol. The molecule has 0 spiro atoms. The number of nitrogens with zero attached hydrogens (tertiary/aromatic N) is 2. The molecule has 26 heavy (non-hydrogen) atoms. The van der Waals surface area contributed by atoms with Gasteiger partial charge in [0.05, 0.1) is 6.42 Å². The Kier molecular flexibility index (Phi) is 5.89. The average molecular weight is 351 g/mol. The van der Waals surface area contributed by atoms with Gasteiger partial charge in [-0.2, -0.15) is 0 Å². The Labute approximate surface area is 154 Å². The lowest BCUT2D eigenvalue weighted by molar-refractivity contribution is -0.131. The average Bonchev–Trinajstić information content (AvgIpc) is 2.67. The molecule has 1 fully saturated rings. The Morgan fingerprint density at radius 3 is 2.23 bits per heavy atom. The van der Waals surface area contributed by atoms with E-state index >= 15 is 0 Å². The smallest absolute Gasteiger partial charge is 0.317 e. The molecule has 3 rings (SSSR count). The van der Waals surface area contributed by atoms with Crippen LogP contribution in [0.5, 0.6) is 0 Å². The highest BCUT2D eigenvalue weighted by atomic mass is 16.2. The molecule has 3 amide bonds. The van der Waals surface area contributed by atoms with Crippen LogP contribution in [0.25, 0.3) is 0 Å². The van der Waals surface area contributed by atoms with Crippen LogP contribution in [0, 0.1) is 6.92 Å². The number of hydrogen-bond acceptors (Lipinski definition) is 2. The standard InChI is InChI=1S/C21H25N3O2/c1-17-6-5-9-19(14-17)15-20(25)23-10-12-24(13-11-23)21(26)22-16-18-7-3-2-4-8-18/h2-9,14H,10-13,15-16H2,1H3,(H,22,26). The van der Waals surface area contributed by atoms with Crippen molar-refractivity contribution in [2.45, 2.75) is 19.9 Å². The van der Waals surface area contributed by atoms with Gasteiger partial charge in [-0.15, -0.1) is 0 Å². The topological polar surface area (TPSA) is 52.7 Å². The fourth-order valence-corrected chi connectivity index (χ4v) is 3.15. The highest BCUT2D eigenvalue weighted by Gasteiger charge is 2.23. The first-order valence-corrected chi connectivity index (χ1v) is 9.02. The highest BCUT2D eigenvalue weighted by molar-refractivity contribution is 5.79. The summed E-state index contributed by atoms with van der Waals surface area (Å²) in [7, 11) is 0. The summed E-state index contributed by atoms with van der Waals surface area (Å²) >= 11 is 0. The highest BCUT2D eigenvalue weighted by Crippen LogP contribution is 2.09. The quantitative estimate of drug-likeness (QED) is 0.920. The molecular weight excluding hydrogens is 326 g/mol. The number of nitrogens with one attached hydrogen (secondary N) is 1. The summed E-state index contributed by atoms with van der Waals surface area (Å²) in [5.41, 5.74) is 3.28. The third-order valence-corrected chi connectivity index (χ3v) is 4.64. The lowest BCUT2D eigenvalue weighted by Gasteiger charge is -2.34. The van der Waals surface area contributed by atoms with Crippen LogP contribution >= 0.6 is 0 Å². The number of piperazine rings is 1. The second kappa shape index (κ2) is 8.52. The normalized spacial score (nSPS) is 14.2. The molecule has 0 atom stereocenters. The van der Waals surface area contributed by atoms with Crippen LogP contribution in [0.15, 0.2) is 54.6 Å². The maximum absolute atomic E-state index is 12.5. The molecule has 0 aliphatic carbocycles. The van der Waals surface area contributed by atoms with Crippen molar-refractivity contribution in [2.24, 2.45) is 0 Å². The number of amides is 3. The first-order valence-electron chi connectivity index (χ1n) is 9.02. The molecule has 1 saturated heterocycles. The molecule has 1 N–H and O–H groups in total. The minimum absolute atomic E-state index is 0.0698. The zero-order chi connectivity index (χ0) is 18.4. The van der Waals surface area contributed by atoms with Gasteiger partial charge in [-0.3, -0.25) is 4.79 Å². The van der Waals surface area contributed by atoms with E-state index in [4.69, 9.17) is 0 Å². The van der Waals surface area contributed by atoms with Crippen LogP contribution < -0.4 is 5.32 Å². The van der Waals surface area contributed by atoms with Crippen molar-refractivity contribution in [3.63, 3.8) is 0 Å². The largest absolute Gasteiger partial charge is 0.339 e. The van der Waals surface area contributed by atoms with Crippen molar-refractivity contribution in [2.75, 3.05) is 26.2 Å². The second-order valence-electron chi connectivity index (χ2n) is 6.68. The van der Waals surface area contributed by atoms with E-state index in [2.05, 4.69) is 5.32 Å². The summed E-state index contributed by atoms with van der Waals surface area (Å²) in [5, 5.41) is 2.94. The Morgan fingerprint density at radius 2 is 1.54 bits per heavy atom. The zero-order valence-corrected chi connectivity index (χ0v) is 15.1. The summed E-state index contributed by atoms with van der Waals surface area (Å²) in [6, 6.07) is 17.8. The summed E-state index contributed by atoms with van der Waals surface area (Å²) in [5.74, 6) is 0.125.